The molecule has 0 amide bonds. The Kier molecular flexibility index (Phi) is 4.12. The van der Waals surface area contributed by atoms with Crippen LogP contribution in [0.2, 0.25) is 10.0 Å². The van der Waals surface area contributed by atoms with Crippen LogP contribution in [0.15, 0.2) is 41.5 Å². The fourth-order valence-corrected chi connectivity index (χ4v) is 2.46. The van der Waals surface area contributed by atoms with Gasteiger partial charge in [0.2, 0.25) is 0 Å². The van der Waals surface area contributed by atoms with Gasteiger partial charge in [-0.2, -0.15) is 5.10 Å². The van der Waals surface area contributed by atoms with Crippen LogP contribution in [0.25, 0.3) is 0 Å². The number of carbonyl (C=O) groups is 1. The number of nitrogens with zero attached hydrogens (tertiary/aromatic N) is 2. The van der Waals surface area contributed by atoms with Crippen molar-refractivity contribution in [3.05, 3.63) is 57.6 Å². The number of fused-ring (bicyclic) bond motifs is 1. The van der Waals surface area contributed by atoms with E-state index in [-0.39, 0.29) is 5.84 Å². The monoisotopic (exact) mass is 351 g/mol. The van der Waals surface area contributed by atoms with E-state index in [0.29, 0.717) is 32.5 Å². The zero-order valence-electron chi connectivity index (χ0n) is 11.9. The minimum absolute atomic E-state index is 0.257. The average Bonchev–Trinajstić information content (AvgIpc) is 2.56. The third kappa shape index (κ3) is 2.84. The molecule has 0 fully saturated rings. The lowest BCUT2D eigenvalue weighted by atomic mass is 10.1. The van der Waals surface area contributed by atoms with Gasteiger partial charge in [-0.25, -0.2) is 9.86 Å². The minimum Gasteiger partial charge on any atom is -0.465 e. The number of hydrogen-bond acceptors (Lipinski definition) is 6. The molecule has 2 N–H and O–H groups in total. The number of carbonyl (C=O) groups excluding carboxylic acids is 1. The van der Waals surface area contributed by atoms with Crippen molar-refractivity contribution >= 4 is 46.4 Å². The Morgan fingerprint density at radius 3 is 2.52 bits per heavy atom. The maximum absolute atomic E-state index is 11.4. The molecule has 0 spiro atoms. The number of methoxy groups -OCH3 is 1. The molecular weight excluding hydrogens is 341 g/mol. The summed E-state index contributed by atoms with van der Waals surface area (Å²) in [5.41, 5.74) is 4.76. The number of amidine groups is 1. The van der Waals surface area contributed by atoms with Crippen LogP contribution in [0, 0.1) is 0 Å². The van der Waals surface area contributed by atoms with Crippen LogP contribution in [0.3, 0.4) is 0 Å². The molecule has 1 aliphatic heterocycles. The van der Waals surface area contributed by atoms with Gasteiger partial charge in [0, 0.05) is 5.56 Å². The van der Waals surface area contributed by atoms with Crippen LogP contribution in [-0.4, -0.2) is 24.1 Å². The number of rotatable bonds is 2. The molecule has 23 heavy (non-hydrogen) atoms. The Hall–Kier alpha value is -2.28. The van der Waals surface area contributed by atoms with Crippen molar-refractivity contribution in [3.63, 3.8) is 0 Å². The molecule has 2 aromatic rings. The number of hydrazone groups is 1. The third-order valence-electron chi connectivity index (χ3n) is 3.31. The summed E-state index contributed by atoms with van der Waals surface area (Å²) >= 11 is 11.9. The number of benzene rings is 2. The number of nitrogens with one attached hydrogen (secondary N) is 1. The number of halogens is 2. The molecule has 0 saturated carbocycles. The van der Waals surface area contributed by atoms with Gasteiger partial charge in [-0.15, -0.1) is 0 Å². The van der Waals surface area contributed by atoms with E-state index in [1.165, 1.54) is 13.2 Å². The highest BCUT2D eigenvalue weighted by Gasteiger charge is 2.23. The molecule has 3 rings (SSSR count). The lowest BCUT2D eigenvalue weighted by molar-refractivity contribution is 0.0600. The van der Waals surface area contributed by atoms with Gasteiger partial charge in [0.05, 0.1) is 34.1 Å². The van der Waals surface area contributed by atoms with E-state index in [9.17, 15) is 10.0 Å². The number of ether oxygens (including phenoxy) is 1. The van der Waals surface area contributed by atoms with Crippen molar-refractivity contribution in [3.8, 4) is 0 Å². The van der Waals surface area contributed by atoms with Crippen molar-refractivity contribution in [1.82, 2.24) is 0 Å². The first-order valence-electron chi connectivity index (χ1n) is 6.51. The largest absolute Gasteiger partial charge is 0.465 e. The van der Waals surface area contributed by atoms with Crippen LogP contribution in [0.4, 0.5) is 11.4 Å². The highest BCUT2D eigenvalue weighted by atomic mass is 35.5. The number of hydrogen-bond donors (Lipinski definition) is 2. The van der Waals surface area contributed by atoms with E-state index >= 15 is 0 Å². The minimum atomic E-state index is -0.437. The highest BCUT2D eigenvalue weighted by molar-refractivity contribution is 6.42. The summed E-state index contributed by atoms with van der Waals surface area (Å²) in [7, 11) is 1.31. The van der Waals surface area contributed by atoms with Crippen LogP contribution >= 0.6 is 23.2 Å². The van der Waals surface area contributed by atoms with E-state index in [1.54, 1.807) is 30.3 Å². The van der Waals surface area contributed by atoms with Gasteiger partial charge in [0.1, 0.15) is 0 Å². The second-order valence-electron chi connectivity index (χ2n) is 4.71. The average molecular weight is 352 g/mol. The van der Waals surface area contributed by atoms with Crippen molar-refractivity contribution in [2.75, 3.05) is 17.6 Å². The molecule has 6 nitrogen and oxygen atoms in total. The van der Waals surface area contributed by atoms with Gasteiger partial charge in [-0.1, -0.05) is 35.3 Å². The summed E-state index contributed by atoms with van der Waals surface area (Å²) in [6.45, 7) is 0. The first-order valence-corrected chi connectivity index (χ1v) is 7.27. The van der Waals surface area contributed by atoms with E-state index in [2.05, 4.69) is 15.3 Å². The molecule has 0 saturated heterocycles. The van der Waals surface area contributed by atoms with Crippen molar-refractivity contribution in [2.24, 2.45) is 5.10 Å². The fourth-order valence-electron chi connectivity index (χ4n) is 2.14. The van der Waals surface area contributed by atoms with Crippen LogP contribution in [0.5, 0.6) is 0 Å². The normalized spacial score (nSPS) is 13.0. The summed E-state index contributed by atoms with van der Waals surface area (Å²) in [5.74, 6) is -0.180. The first kappa shape index (κ1) is 15.6. The van der Waals surface area contributed by atoms with Gasteiger partial charge in [-0.3, -0.25) is 10.6 Å². The topological polar surface area (TPSA) is 74.2 Å². The Labute approximate surface area is 141 Å². The fraction of sp³-hybridized carbons (Fsp3) is 0.0667. The van der Waals surface area contributed by atoms with Gasteiger partial charge >= 0.3 is 5.97 Å². The van der Waals surface area contributed by atoms with E-state index in [1.807, 2.05) is 0 Å². The maximum Gasteiger partial charge on any atom is 0.337 e. The first-order chi connectivity index (χ1) is 11.0. The summed E-state index contributed by atoms with van der Waals surface area (Å²) < 4.78 is 4.65. The SMILES string of the molecule is COC(=O)c1ccc(C2=NNc3cc(Cl)c(Cl)cc3N2O)cc1. The van der Waals surface area contributed by atoms with Crippen molar-refractivity contribution in [1.29, 1.82) is 0 Å². The molecule has 1 heterocycles. The summed E-state index contributed by atoms with van der Waals surface area (Å²) in [6.07, 6.45) is 0. The molecule has 1 aliphatic rings. The maximum atomic E-state index is 11.4. The molecule has 0 aliphatic carbocycles. The smallest absolute Gasteiger partial charge is 0.337 e. The zero-order valence-corrected chi connectivity index (χ0v) is 13.4. The van der Waals surface area contributed by atoms with Gasteiger partial charge in [0.25, 0.3) is 0 Å². The Bertz CT molecular complexity index is 806. The summed E-state index contributed by atoms with van der Waals surface area (Å²) in [6, 6.07) is 9.58. The molecule has 0 unspecified atom stereocenters. The molecular formula is C15H11Cl2N3O3. The second-order valence-corrected chi connectivity index (χ2v) is 5.53. The standard InChI is InChI=1S/C15H11Cl2N3O3/c1-23-15(21)9-4-2-8(3-5-9)14-19-18-12-6-10(16)11(17)7-13(12)20(14)22/h2-7,18,22H,1H3. The van der Waals surface area contributed by atoms with E-state index in [4.69, 9.17) is 23.2 Å². The third-order valence-corrected chi connectivity index (χ3v) is 4.04. The van der Waals surface area contributed by atoms with Crippen LogP contribution in [-0.2, 0) is 4.74 Å². The lowest BCUT2D eigenvalue weighted by Gasteiger charge is -2.26. The Balaban J connectivity index is 1.94. The highest BCUT2D eigenvalue weighted by Crippen LogP contribution is 2.37. The van der Waals surface area contributed by atoms with Crippen molar-refractivity contribution in [2.45, 2.75) is 0 Å². The summed E-state index contributed by atoms with van der Waals surface area (Å²) in [5, 5.41) is 16.1. The molecule has 0 atom stereocenters. The Morgan fingerprint density at radius 1 is 1.22 bits per heavy atom. The number of anilines is 2. The van der Waals surface area contributed by atoms with Crippen molar-refractivity contribution < 1.29 is 14.7 Å². The molecule has 2 aromatic carbocycles. The van der Waals surface area contributed by atoms with Gasteiger partial charge in [0.15, 0.2) is 5.84 Å². The van der Waals surface area contributed by atoms with Crippen LogP contribution in [0.1, 0.15) is 15.9 Å². The molecule has 118 valence electrons. The van der Waals surface area contributed by atoms with E-state index < -0.39 is 5.97 Å². The number of hydroxylamine groups is 1. The predicted molar refractivity (Wildman–Crippen MR) is 88.7 cm³/mol. The number of esters is 1. The molecule has 0 aromatic heterocycles. The lowest BCUT2D eigenvalue weighted by Crippen LogP contribution is -2.32. The molecule has 8 heteroatoms. The van der Waals surface area contributed by atoms with Gasteiger partial charge < -0.3 is 4.74 Å². The quantitative estimate of drug-likeness (QED) is 0.805. The zero-order chi connectivity index (χ0) is 16.6. The summed E-state index contributed by atoms with van der Waals surface area (Å²) in [4.78, 5) is 11.4. The second kappa shape index (κ2) is 6.08. The van der Waals surface area contributed by atoms with Gasteiger partial charge in [-0.05, 0) is 24.3 Å². The molecule has 0 radical (unpaired) electrons. The predicted octanol–water partition coefficient (Wildman–Crippen LogP) is 3.76. The van der Waals surface area contributed by atoms with E-state index in [0.717, 1.165) is 5.06 Å². The van der Waals surface area contributed by atoms with Crippen LogP contribution < -0.4 is 10.5 Å². The Morgan fingerprint density at radius 2 is 1.87 bits per heavy atom. The molecule has 0 bridgehead atoms.